The summed E-state index contributed by atoms with van der Waals surface area (Å²) in [5, 5.41) is 3.32. The minimum Gasteiger partial charge on any atom is -0.348 e. The molecule has 0 saturated carbocycles. The molecule has 0 spiro atoms. The normalized spacial score (nSPS) is 23.5. The monoisotopic (exact) mass is 245 g/mol. The highest BCUT2D eigenvalue weighted by Gasteiger charge is 2.36. The number of nitrogens with one attached hydrogen (secondary N) is 1. The molecule has 1 aromatic carbocycles. The van der Waals surface area contributed by atoms with Crippen molar-refractivity contribution in [2.45, 2.75) is 38.3 Å². The lowest BCUT2D eigenvalue weighted by Gasteiger charge is -2.21. The largest absolute Gasteiger partial charge is 0.348 e. The van der Waals surface area contributed by atoms with E-state index in [-0.39, 0.29) is 12.1 Å². The molecule has 0 aliphatic carbocycles. The summed E-state index contributed by atoms with van der Waals surface area (Å²) in [4.78, 5) is 0. The van der Waals surface area contributed by atoms with Crippen molar-refractivity contribution >= 4 is 0 Å². The van der Waals surface area contributed by atoms with Gasteiger partial charge in [-0.3, -0.25) is 5.32 Å². The third kappa shape index (κ3) is 3.33. The van der Waals surface area contributed by atoms with Crippen molar-refractivity contribution in [3.05, 3.63) is 35.9 Å². The van der Waals surface area contributed by atoms with E-state index in [1.54, 1.807) is 0 Å². The van der Waals surface area contributed by atoms with Gasteiger partial charge in [0.05, 0.1) is 12.6 Å². The molecule has 1 saturated heterocycles. The van der Waals surface area contributed by atoms with Crippen LogP contribution in [-0.4, -0.2) is 24.5 Å². The molecule has 1 heterocycles. The fraction of sp³-hybridized carbons (Fsp3) is 0.467. The standard InChI is InChI=1S/C15H19NO2/c1-4-13(14-11-17-15(2,3)18-14)16-10-12-8-6-5-7-9-12/h1,5-9,13-14,16H,10-11H2,2-3H3/t13-,14-/m1/s1. The van der Waals surface area contributed by atoms with Gasteiger partial charge in [0, 0.05) is 6.54 Å². The summed E-state index contributed by atoms with van der Waals surface area (Å²) in [7, 11) is 0. The molecule has 1 aliphatic heterocycles. The van der Waals surface area contributed by atoms with Crippen molar-refractivity contribution in [3.8, 4) is 12.3 Å². The molecular formula is C15H19NO2. The molecule has 1 fully saturated rings. The van der Waals surface area contributed by atoms with E-state index in [2.05, 4.69) is 23.4 Å². The predicted octanol–water partition coefficient (Wildman–Crippen LogP) is 1.93. The highest BCUT2D eigenvalue weighted by molar-refractivity contribution is 5.15. The van der Waals surface area contributed by atoms with Crippen molar-refractivity contribution in [1.82, 2.24) is 5.32 Å². The number of hydrogen-bond donors (Lipinski definition) is 1. The Hall–Kier alpha value is -1.34. The number of terminal acetylenes is 1. The van der Waals surface area contributed by atoms with Gasteiger partial charge in [0.15, 0.2) is 5.79 Å². The maximum Gasteiger partial charge on any atom is 0.163 e. The van der Waals surface area contributed by atoms with Crippen LogP contribution >= 0.6 is 0 Å². The average molecular weight is 245 g/mol. The summed E-state index contributed by atoms with van der Waals surface area (Å²) in [6.45, 7) is 5.06. The first-order chi connectivity index (χ1) is 8.61. The Morgan fingerprint density at radius 3 is 2.72 bits per heavy atom. The Kier molecular flexibility index (Phi) is 4.03. The molecule has 1 aliphatic rings. The van der Waals surface area contributed by atoms with Crippen LogP contribution in [0.5, 0.6) is 0 Å². The lowest BCUT2D eigenvalue weighted by molar-refractivity contribution is -0.139. The van der Waals surface area contributed by atoms with Crippen molar-refractivity contribution in [3.63, 3.8) is 0 Å². The highest BCUT2D eigenvalue weighted by Crippen LogP contribution is 2.24. The molecule has 0 bridgehead atoms. The van der Waals surface area contributed by atoms with Crippen LogP contribution < -0.4 is 5.32 Å². The zero-order valence-corrected chi connectivity index (χ0v) is 10.8. The maximum atomic E-state index is 5.76. The SMILES string of the molecule is C#C[C@@H](NCc1ccccc1)[C@H]1COC(C)(C)O1. The van der Waals surface area contributed by atoms with Gasteiger partial charge in [-0.15, -0.1) is 6.42 Å². The molecule has 96 valence electrons. The summed E-state index contributed by atoms with van der Waals surface area (Å²) in [6.07, 6.45) is 5.47. The third-order valence-electron chi connectivity index (χ3n) is 2.95. The summed E-state index contributed by atoms with van der Waals surface area (Å²) in [5.41, 5.74) is 1.20. The first-order valence-electron chi connectivity index (χ1n) is 6.16. The van der Waals surface area contributed by atoms with Gasteiger partial charge in [0.2, 0.25) is 0 Å². The van der Waals surface area contributed by atoms with E-state index in [9.17, 15) is 0 Å². The molecule has 18 heavy (non-hydrogen) atoms. The quantitative estimate of drug-likeness (QED) is 0.822. The van der Waals surface area contributed by atoms with E-state index in [4.69, 9.17) is 15.9 Å². The van der Waals surface area contributed by atoms with Gasteiger partial charge in [-0.05, 0) is 19.4 Å². The first kappa shape index (κ1) is 13.1. The molecule has 0 radical (unpaired) electrons. The third-order valence-corrected chi connectivity index (χ3v) is 2.95. The second kappa shape index (κ2) is 5.53. The Morgan fingerprint density at radius 1 is 1.44 bits per heavy atom. The van der Waals surface area contributed by atoms with E-state index in [0.717, 1.165) is 6.54 Å². The van der Waals surface area contributed by atoms with Gasteiger partial charge in [0.1, 0.15) is 6.10 Å². The van der Waals surface area contributed by atoms with Gasteiger partial charge in [0.25, 0.3) is 0 Å². The van der Waals surface area contributed by atoms with Crippen LogP contribution in [0.15, 0.2) is 30.3 Å². The number of ether oxygens (including phenoxy) is 2. The molecule has 0 unspecified atom stereocenters. The maximum absolute atomic E-state index is 5.76. The summed E-state index contributed by atoms with van der Waals surface area (Å²) in [6, 6.07) is 10.0. The van der Waals surface area contributed by atoms with Crippen LogP contribution in [0.4, 0.5) is 0 Å². The fourth-order valence-electron chi connectivity index (χ4n) is 2.00. The van der Waals surface area contributed by atoms with E-state index in [1.807, 2.05) is 32.0 Å². The van der Waals surface area contributed by atoms with Crippen molar-refractivity contribution < 1.29 is 9.47 Å². The zero-order valence-electron chi connectivity index (χ0n) is 10.8. The van der Waals surface area contributed by atoms with Crippen molar-refractivity contribution in [2.24, 2.45) is 0 Å². The van der Waals surface area contributed by atoms with Gasteiger partial charge in [-0.25, -0.2) is 0 Å². The van der Waals surface area contributed by atoms with Crippen LogP contribution in [0.25, 0.3) is 0 Å². The second-order valence-corrected chi connectivity index (χ2v) is 4.88. The zero-order chi connectivity index (χ0) is 13.0. The molecule has 2 rings (SSSR count). The van der Waals surface area contributed by atoms with Gasteiger partial charge < -0.3 is 9.47 Å². The van der Waals surface area contributed by atoms with Gasteiger partial charge in [-0.1, -0.05) is 36.3 Å². The average Bonchev–Trinajstić information content (AvgIpc) is 2.72. The molecular weight excluding hydrogens is 226 g/mol. The molecule has 1 N–H and O–H groups in total. The van der Waals surface area contributed by atoms with Crippen LogP contribution in [0.3, 0.4) is 0 Å². The van der Waals surface area contributed by atoms with E-state index >= 15 is 0 Å². The molecule has 0 aromatic heterocycles. The molecule has 3 nitrogen and oxygen atoms in total. The Bertz CT molecular complexity index is 422. The first-order valence-corrected chi connectivity index (χ1v) is 6.16. The Morgan fingerprint density at radius 2 is 2.17 bits per heavy atom. The minimum absolute atomic E-state index is 0.0892. The fourth-order valence-corrected chi connectivity index (χ4v) is 2.00. The smallest absolute Gasteiger partial charge is 0.163 e. The summed E-state index contributed by atoms with van der Waals surface area (Å²) < 4.78 is 11.3. The van der Waals surface area contributed by atoms with E-state index in [0.29, 0.717) is 6.61 Å². The van der Waals surface area contributed by atoms with Crippen LogP contribution in [0, 0.1) is 12.3 Å². The molecule has 0 amide bonds. The van der Waals surface area contributed by atoms with Gasteiger partial charge >= 0.3 is 0 Å². The Labute approximate surface area is 108 Å². The van der Waals surface area contributed by atoms with Crippen molar-refractivity contribution in [1.29, 1.82) is 0 Å². The van der Waals surface area contributed by atoms with Crippen LogP contribution in [0.1, 0.15) is 19.4 Å². The molecule has 2 atom stereocenters. The summed E-state index contributed by atoms with van der Waals surface area (Å²) >= 11 is 0. The predicted molar refractivity (Wildman–Crippen MR) is 70.8 cm³/mol. The summed E-state index contributed by atoms with van der Waals surface area (Å²) in [5.74, 6) is 2.20. The minimum atomic E-state index is -0.534. The van der Waals surface area contributed by atoms with E-state index < -0.39 is 5.79 Å². The lowest BCUT2D eigenvalue weighted by atomic mass is 10.1. The lowest BCUT2D eigenvalue weighted by Crippen LogP contribution is -2.40. The second-order valence-electron chi connectivity index (χ2n) is 4.88. The Balaban J connectivity index is 1.89. The topological polar surface area (TPSA) is 30.5 Å². The van der Waals surface area contributed by atoms with Crippen LogP contribution in [0.2, 0.25) is 0 Å². The number of rotatable bonds is 4. The molecule has 1 aromatic rings. The van der Waals surface area contributed by atoms with Crippen molar-refractivity contribution in [2.75, 3.05) is 6.61 Å². The molecule has 3 heteroatoms. The highest BCUT2D eigenvalue weighted by atomic mass is 16.7. The number of benzene rings is 1. The number of hydrogen-bond acceptors (Lipinski definition) is 3. The van der Waals surface area contributed by atoms with Crippen LogP contribution in [-0.2, 0) is 16.0 Å². The van der Waals surface area contributed by atoms with E-state index in [1.165, 1.54) is 5.56 Å². The van der Waals surface area contributed by atoms with Gasteiger partial charge in [-0.2, -0.15) is 0 Å².